The average molecular weight is 252 g/mol. The first-order valence-corrected chi connectivity index (χ1v) is 5.70. The maximum absolute atomic E-state index is 7.74. The zero-order chi connectivity index (χ0) is 13.6. The van der Waals surface area contributed by atoms with Gasteiger partial charge < -0.3 is 10.4 Å². The number of nitrogens with zero attached hydrogens (tertiary/aromatic N) is 3. The first kappa shape index (κ1) is 11.3. The lowest BCUT2D eigenvalue weighted by atomic mass is 10.2. The summed E-state index contributed by atoms with van der Waals surface area (Å²) in [7, 11) is 0. The van der Waals surface area contributed by atoms with Crippen molar-refractivity contribution in [2.75, 3.05) is 0 Å². The Labute approximate surface area is 108 Å². The molecule has 6 heteroatoms. The van der Waals surface area contributed by atoms with Gasteiger partial charge in [0, 0.05) is 22.7 Å². The number of rotatable bonds is 2. The molecular formula is C13H12N6. The monoisotopic (exact) mass is 252 g/mol. The Bertz CT molecular complexity index is 886. The van der Waals surface area contributed by atoms with E-state index in [1.807, 2.05) is 0 Å². The van der Waals surface area contributed by atoms with Crippen LogP contribution in [0.2, 0.25) is 0 Å². The van der Waals surface area contributed by atoms with Crippen LogP contribution in [0.1, 0.15) is 12.5 Å². The number of hydrogen-bond acceptors (Lipinski definition) is 4. The minimum absolute atomic E-state index is 0.422. The van der Waals surface area contributed by atoms with Crippen LogP contribution in [-0.4, -0.2) is 30.9 Å². The molecule has 94 valence electrons. The van der Waals surface area contributed by atoms with Crippen molar-refractivity contribution in [3.63, 3.8) is 0 Å². The number of aromatic amines is 2. The highest BCUT2D eigenvalue weighted by Gasteiger charge is 2.12. The van der Waals surface area contributed by atoms with Crippen LogP contribution in [0, 0.1) is 5.41 Å². The minimum Gasteiger partial charge on any atom is -0.335 e. The highest BCUT2D eigenvalue weighted by molar-refractivity contribution is 6.06. The van der Waals surface area contributed by atoms with Crippen molar-refractivity contribution in [1.29, 1.82) is 5.41 Å². The molecule has 3 rings (SSSR count). The van der Waals surface area contributed by atoms with E-state index in [0.29, 0.717) is 38.9 Å². The summed E-state index contributed by atoms with van der Waals surface area (Å²) in [6, 6.07) is 0. The van der Waals surface area contributed by atoms with Gasteiger partial charge in [-0.05, 0) is 6.92 Å². The summed E-state index contributed by atoms with van der Waals surface area (Å²) in [4.78, 5) is 11.7. The molecule has 6 nitrogen and oxygen atoms in total. The molecule has 0 bridgehead atoms. The van der Waals surface area contributed by atoms with E-state index in [1.54, 1.807) is 19.3 Å². The molecule has 0 aromatic carbocycles. The average Bonchev–Trinajstić information content (AvgIpc) is 2.93. The molecule has 3 aromatic heterocycles. The Balaban J connectivity index is 2.31. The molecule has 0 saturated heterocycles. The summed E-state index contributed by atoms with van der Waals surface area (Å²) < 4.78 is 0. The van der Waals surface area contributed by atoms with Crippen LogP contribution < -0.4 is 10.6 Å². The van der Waals surface area contributed by atoms with Gasteiger partial charge in [-0.2, -0.15) is 5.10 Å². The topological polar surface area (TPSA) is 94.1 Å². The smallest absolute Gasteiger partial charge is 0.159 e. The quantitative estimate of drug-likeness (QED) is 0.581. The number of aromatic nitrogens is 5. The molecule has 3 N–H and O–H groups in total. The number of H-pyrrole nitrogens is 2. The highest BCUT2D eigenvalue weighted by atomic mass is 15.1. The fourth-order valence-corrected chi connectivity index (χ4v) is 1.92. The minimum atomic E-state index is 0.422. The first-order chi connectivity index (χ1) is 9.08. The van der Waals surface area contributed by atoms with E-state index in [4.69, 9.17) is 5.41 Å². The Kier molecular flexibility index (Phi) is 2.31. The summed E-state index contributed by atoms with van der Waals surface area (Å²) in [6.07, 6.45) is 3.32. The van der Waals surface area contributed by atoms with Crippen LogP contribution >= 0.6 is 0 Å². The molecule has 0 amide bonds. The second-order valence-electron chi connectivity index (χ2n) is 4.32. The molecule has 0 radical (unpaired) electrons. The predicted molar refractivity (Wildman–Crippen MR) is 74.3 cm³/mol. The summed E-state index contributed by atoms with van der Waals surface area (Å²) in [5.41, 5.74) is 3.24. The number of nitrogens with one attached hydrogen (secondary N) is 3. The molecule has 3 heterocycles. The van der Waals surface area contributed by atoms with Gasteiger partial charge in [0.05, 0.1) is 17.1 Å². The van der Waals surface area contributed by atoms with Gasteiger partial charge in [0.15, 0.2) is 5.82 Å². The molecule has 0 aliphatic carbocycles. The van der Waals surface area contributed by atoms with E-state index in [9.17, 15) is 0 Å². The van der Waals surface area contributed by atoms with Crippen molar-refractivity contribution in [3.05, 3.63) is 28.5 Å². The summed E-state index contributed by atoms with van der Waals surface area (Å²) >= 11 is 0. The number of hydrogen-bond donors (Lipinski definition) is 3. The summed E-state index contributed by atoms with van der Waals surface area (Å²) in [5, 5.41) is 16.0. The molecule has 0 spiro atoms. The van der Waals surface area contributed by atoms with Gasteiger partial charge in [0.2, 0.25) is 0 Å². The van der Waals surface area contributed by atoms with Crippen LogP contribution in [0.25, 0.3) is 35.7 Å². The lowest BCUT2D eigenvalue weighted by Gasteiger charge is -1.96. The molecule has 3 aromatic rings. The maximum Gasteiger partial charge on any atom is 0.159 e. The zero-order valence-corrected chi connectivity index (χ0v) is 10.4. The number of pyridine rings is 1. The Morgan fingerprint density at radius 2 is 2.11 bits per heavy atom. The van der Waals surface area contributed by atoms with Crippen LogP contribution in [0.15, 0.2) is 12.4 Å². The predicted octanol–water partition coefficient (Wildman–Crippen LogP) is 0.556. The summed E-state index contributed by atoms with van der Waals surface area (Å²) in [5.74, 6) is 0.599. The number of fused-ring (bicyclic) bond motifs is 1. The third-order valence-corrected chi connectivity index (χ3v) is 2.98. The van der Waals surface area contributed by atoms with Crippen LogP contribution in [0.3, 0.4) is 0 Å². The van der Waals surface area contributed by atoms with Crippen molar-refractivity contribution in [2.24, 2.45) is 0 Å². The van der Waals surface area contributed by atoms with Gasteiger partial charge in [0.1, 0.15) is 11.2 Å². The van der Waals surface area contributed by atoms with Crippen LogP contribution in [-0.2, 0) is 0 Å². The second-order valence-corrected chi connectivity index (χ2v) is 4.32. The fourth-order valence-electron chi connectivity index (χ4n) is 1.92. The molecule has 0 fully saturated rings. The second kappa shape index (κ2) is 3.88. The zero-order valence-electron chi connectivity index (χ0n) is 10.4. The lowest BCUT2D eigenvalue weighted by Crippen LogP contribution is -2.19. The van der Waals surface area contributed by atoms with Gasteiger partial charge in [-0.1, -0.05) is 13.2 Å². The Morgan fingerprint density at radius 1 is 1.32 bits per heavy atom. The van der Waals surface area contributed by atoms with E-state index in [1.165, 1.54) is 0 Å². The number of imidazole rings is 1. The van der Waals surface area contributed by atoms with E-state index in [-0.39, 0.29) is 0 Å². The molecule has 0 aliphatic rings. The molecular weight excluding hydrogens is 240 g/mol. The standard InChI is InChI=1S/C13H12N6/c1-6-8(3)18-19-11(6)13-16-10-5-15-4-9(7(2)14)12(10)17-13/h4-5,14,18H,1,3H2,2H3,(H,16,17). The fraction of sp³-hybridized carbons (Fsp3) is 0.0769. The van der Waals surface area contributed by atoms with Crippen molar-refractivity contribution in [3.8, 4) is 11.5 Å². The summed E-state index contributed by atoms with van der Waals surface area (Å²) in [6.45, 7) is 9.42. The molecule has 0 aliphatic heterocycles. The SMILES string of the molecule is C=c1[nH]nc(-c2nc3c(C(C)=N)cncc3[nH]2)c1=C. The van der Waals surface area contributed by atoms with Gasteiger partial charge in [-0.15, -0.1) is 0 Å². The van der Waals surface area contributed by atoms with Crippen LogP contribution in [0.4, 0.5) is 0 Å². The van der Waals surface area contributed by atoms with Crippen molar-refractivity contribution >= 4 is 29.9 Å². The molecule has 0 saturated carbocycles. The first-order valence-electron chi connectivity index (χ1n) is 5.70. The van der Waals surface area contributed by atoms with E-state index >= 15 is 0 Å². The Hall–Kier alpha value is -2.76. The Morgan fingerprint density at radius 3 is 2.74 bits per heavy atom. The third kappa shape index (κ3) is 1.65. The molecule has 0 unspecified atom stereocenters. The van der Waals surface area contributed by atoms with Gasteiger partial charge in [0.25, 0.3) is 0 Å². The maximum atomic E-state index is 7.74. The normalized spacial score (nSPS) is 11.0. The van der Waals surface area contributed by atoms with E-state index in [0.717, 1.165) is 5.52 Å². The van der Waals surface area contributed by atoms with Crippen LogP contribution in [0.5, 0.6) is 0 Å². The van der Waals surface area contributed by atoms with Gasteiger partial charge >= 0.3 is 0 Å². The van der Waals surface area contributed by atoms with Gasteiger partial charge in [-0.3, -0.25) is 10.1 Å². The third-order valence-electron chi connectivity index (χ3n) is 2.98. The van der Waals surface area contributed by atoms with Crippen molar-refractivity contribution in [1.82, 2.24) is 25.1 Å². The molecule has 0 atom stereocenters. The lowest BCUT2D eigenvalue weighted by molar-refractivity contribution is 1.06. The molecule has 19 heavy (non-hydrogen) atoms. The van der Waals surface area contributed by atoms with Crippen molar-refractivity contribution < 1.29 is 0 Å². The van der Waals surface area contributed by atoms with E-state index < -0.39 is 0 Å². The van der Waals surface area contributed by atoms with Crippen molar-refractivity contribution in [2.45, 2.75) is 6.92 Å². The van der Waals surface area contributed by atoms with Gasteiger partial charge in [-0.25, -0.2) is 4.98 Å². The highest BCUT2D eigenvalue weighted by Crippen LogP contribution is 2.18. The largest absolute Gasteiger partial charge is 0.335 e. The van der Waals surface area contributed by atoms with E-state index in [2.05, 4.69) is 38.3 Å².